The Balaban J connectivity index is 2.09. The molecule has 0 fully saturated rings. The monoisotopic (exact) mass is 337 g/mol. The van der Waals surface area contributed by atoms with Gasteiger partial charge in [-0.05, 0) is 5.92 Å². The minimum Gasteiger partial charge on any atom is -0.349 e. The van der Waals surface area contributed by atoms with Gasteiger partial charge in [-0.3, -0.25) is 14.4 Å². The lowest BCUT2D eigenvalue weighted by Crippen LogP contribution is -2.34. The smallest absolute Gasteiger partial charge is 0.226 e. The van der Waals surface area contributed by atoms with Crippen LogP contribution in [0.3, 0.4) is 0 Å². The summed E-state index contributed by atoms with van der Waals surface area (Å²) >= 11 is 1.21. The van der Waals surface area contributed by atoms with Crippen molar-refractivity contribution in [3.05, 3.63) is 10.6 Å². The average Bonchev–Trinajstić information content (AvgIpc) is 2.88. The van der Waals surface area contributed by atoms with Crippen molar-refractivity contribution in [3.63, 3.8) is 0 Å². The van der Waals surface area contributed by atoms with Crippen LogP contribution in [0, 0.1) is 11.8 Å². The van der Waals surface area contributed by atoms with Gasteiger partial charge in [0.05, 0.1) is 16.5 Å². The van der Waals surface area contributed by atoms with Crippen molar-refractivity contribution in [1.82, 2.24) is 9.88 Å². The van der Waals surface area contributed by atoms with E-state index in [4.69, 9.17) is 0 Å². The Morgan fingerprint density at radius 3 is 2.70 bits per heavy atom. The molecular formula is C16H23N3O3S. The number of aromatic nitrogens is 1. The maximum absolute atomic E-state index is 12.2. The van der Waals surface area contributed by atoms with Crippen molar-refractivity contribution in [1.29, 1.82) is 0 Å². The van der Waals surface area contributed by atoms with Crippen LogP contribution in [-0.2, 0) is 16.0 Å². The Kier molecular flexibility index (Phi) is 5.51. The molecule has 23 heavy (non-hydrogen) atoms. The predicted molar refractivity (Wildman–Crippen MR) is 89.7 cm³/mol. The van der Waals surface area contributed by atoms with Gasteiger partial charge in [0.15, 0.2) is 10.9 Å². The summed E-state index contributed by atoms with van der Waals surface area (Å²) in [5.41, 5.74) is 0.630. The minimum atomic E-state index is -0.351. The summed E-state index contributed by atoms with van der Waals surface area (Å²) in [6, 6.07) is 0. The predicted octanol–water partition coefficient (Wildman–Crippen LogP) is 2.35. The highest BCUT2D eigenvalue weighted by molar-refractivity contribution is 7.17. The molecule has 2 amide bonds. The fourth-order valence-corrected chi connectivity index (χ4v) is 3.51. The van der Waals surface area contributed by atoms with Gasteiger partial charge in [-0.25, -0.2) is 4.98 Å². The van der Waals surface area contributed by atoms with Crippen LogP contribution in [0.2, 0.25) is 0 Å². The largest absolute Gasteiger partial charge is 0.349 e. The number of amides is 2. The van der Waals surface area contributed by atoms with Crippen LogP contribution < -0.4 is 5.32 Å². The molecule has 0 bridgehead atoms. The number of hydrogen-bond donors (Lipinski definition) is 1. The lowest BCUT2D eigenvalue weighted by atomic mass is 9.89. The van der Waals surface area contributed by atoms with E-state index in [1.807, 2.05) is 13.8 Å². The Labute approximate surface area is 140 Å². The number of ketones is 1. The molecule has 0 saturated carbocycles. The summed E-state index contributed by atoms with van der Waals surface area (Å²) in [6.45, 7) is 4.06. The van der Waals surface area contributed by atoms with Crippen molar-refractivity contribution in [2.24, 2.45) is 11.8 Å². The topological polar surface area (TPSA) is 79.4 Å². The van der Waals surface area contributed by atoms with E-state index in [1.165, 1.54) is 16.2 Å². The minimum absolute atomic E-state index is 0.0562. The van der Waals surface area contributed by atoms with E-state index >= 15 is 0 Å². The Hall–Kier alpha value is -1.76. The van der Waals surface area contributed by atoms with Crippen molar-refractivity contribution in [3.8, 4) is 0 Å². The van der Waals surface area contributed by atoms with E-state index in [0.717, 1.165) is 6.42 Å². The highest BCUT2D eigenvalue weighted by Gasteiger charge is 2.33. The van der Waals surface area contributed by atoms with Crippen molar-refractivity contribution < 1.29 is 14.4 Å². The number of nitrogens with zero attached hydrogens (tertiary/aromatic N) is 2. The van der Waals surface area contributed by atoms with Crippen LogP contribution in [0.15, 0.2) is 0 Å². The zero-order valence-electron chi connectivity index (χ0n) is 14.0. The van der Waals surface area contributed by atoms with E-state index in [9.17, 15) is 14.4 Å². The molecule has 0 aromatic carbocycles. The number of thiazole rings is 1. The van der Waals surface area contributed by atoms with E-state index < -0.39 is 0 Å². The number of carbonyl (C=O) groups is 3. The molecule has 1 N–H and O–H groups in total. The molecule has 0 radical (unpaired) electrons. The van der Waals surface area contributed by atoms with Gasteiger partial charge in [-0.1, -0.05) is 31.6 Å². The first-order valence-corrected chi connectivity index (χ1v) is 8.67. The molecule has 126 valence electrons. The van der Waals surface area contributed by atoms with Crippen LogP contribution >= 0.6 is 11.3 Å². The summed E-state index contributed by atoms with van der Waals surface area (Å²) in [6.07, 6.45) is 2.05. The third-order valence-corrected chi connectivity index (χ3v) is 5.14. The third-order valence-electron chi connectivity index (χ3n) is 4.09. The zero-order valence-corrected chi connectivity index (χ0v) is 14.8. The van der Waals surface area contributed by atoms with Crippen LogP contribution in [-0.4, -0.2) is 41.6 Å². The van der Waals surface area contributed by atoms with E-state index in [0.29, 0.717) is 34.5 Å². The Bertz CT molecular complexity index is 624. The van der Waals surface area contributed by atoms with Gasteiger partial charge in [-0.2, -0.15) is 0 Å². The van der Waals surface area contributed by atoms with Crippen molar-refractivity contribution in [2.75, 3.05) is 19.4 Å². The van der Waals surface area contributed by atoms with E-state index in [-0.39, 0.29) is 29.9 Å². The molecule has 0 unspecified atom stereocenters. The quantitative estimate of drug-likeness (QED) is 0.894. The number of anilines is 1. The molecule has 1 aliphatic rings. The number of rotatable bonds is 5. The Morgan fingerprint density at radius 2 is 2.09 bits per heavy atom. The molecule has 2 rings (SSSR count). The highest BCUT2D eigenvalue weighted by atomic mass is 32.1. The molecule has 7 heteroatoms. The molecule has 1 aliphatic carbocycles. The molecule has 0 aliphatic heterocycles. The maximum Gasteiger partial charge on any atom is 0.226 e. The number of hydrogen-bond acceptors (Lipinski definition) is 5. The first-order chi connectivity index (χ1) is 10.8. The summed E-state index contributed by atoms with van der Waals surface area (Å²) in [4.78, 5) is 42.7. The number of Topliss-reactive ketones (excluding diaryl/α,β-unsaturated/α-hetero) is 1. The molecule has 2 atom stereocenters. The van der Waals surface area contributed by atoms with Gasteiger partial charge in [0.1, 0.15) is 0 Å². The summed E-state index contributed by atoms with van der Waals surface area (Å²) in [7, 11) is 3.37. The molecule has 0 spiro atoms. The Morgan fingerprint density at radius 1 is 1.39 bits per heavy atom. The summed E-state index contributed by atoms with van der Waals surface area (Å²) < 4.78 is 0. The molecule has 1 heterocycles. The second-order valence-corrected chi connectivity index (χ2v) is 7.32. The third kappa shape index (κ3) is 4.16. The highest BCUT2D eigenvalue weighted by Crippen LogP contribution is 2.33. The van der Waals surface area contributed by atoms with Gasteiger partial charge in [0, 0.05) is 33.4 Å². The summed E-state index contributed by atoms with van der Waals surface area (Å²) in [5.74, 6) is -0.242. The second-order valence-electron chi connectivity index (χ2n) is 6.32. The lowest BCUT2D eigenvalue weighted by Gasteiger charge is -2.22. The molecular weight excluding hydrogens is 314 g/mol. The fraction of sp³-hybridized carbons (Fsp3) is 0.625. The van der Waals surface area contributed by atoms with E-state index in [1.54, 1.807) is 14.1 Å². The number of nitrogens with one attached hydrogen (secondary N) is 1. The first-order valence-electron chi connectivity index (χ1n) is 7.85. The van der Waals surface area contributed by atoms with Crippen LogP contribution in [0.4, 0.5) is 5.13 Å². The van der Waals surface area contributed by atoms with Crippen LogP contribution in [0.1, 0.15) is 48.5 Å². The maximum atomic E-state index is 12.2. The zero-order chi connectivity index (χ0) is 17.1. The van der Waals surface area contributed by atoms with Crippen LogP contribution in [0.5, 0.6) is 0 Å². The fourth-order valence-electron chi connectivity index (χ4n) is 2.55. The molecule has 1 aromatic rings. The van der Waals surface area contributed by atoms with Gasteiger partial charge >= 0.3 is 0 Å². The summed E-state index contributed by atoms with van der Waals surface area (Å²) in [5, 5.41) is 3.23. The van der Waals surface area contributed by atoms with Crippen LogP contribution in [0.25, 0.3) is 0 Å². The average molecular weight is 337 g/mol. The normalized spacial score (nSPS) is 18.3. The van der Waals surface area contributed by atoms with Gasteiger partial charge in [0.25, 0.3) is 0 Å². The second kappa shape index (κ2) is 7.21. The molecule has 6 nitrogen and oxygen atoms in total. The standard InChI is InChI=1S/C16H23N3O3S/c1-5-9(2)6-13(21)18-16-17-11-7-10(15(22)19(3)4)8-12(20)14(11)23-16/h9-10H,5-8H2,1-4H3,(H,17,18,21)/t9-,10+/m0/s1. The van der Waals surface area contributed by atoms with Crippen molar-refractivity contribution in [2.45, 2.75) is 39.5 Å². The molecule has 0 saturated heterocycles. The number of carbonyl (C=O) groups excluding carboxylic acids is 3. The molecule has 1 aromatic heterocycles. The van der Waals surface area contributed by atoms with Gasteiger partial charge in [0.2, 0.25) is 11.8 Å². The lowest BCUT2D eigenvalue weighted by molar-refractivity contribution is -0.133. The van der Waals surface area contributed by atoms with E-state index in [2.05, 4.69) is 10.3 Å². The first kappa shape index (κ1) is 17.6. The SMILES string of the molecule is CC[C@H](C)CC(=O)Nc1nc2c(s1)C(=O)C[C@H](C(=O)N(C)C)C2. The van der Waals surface area contributed by atoms with Gasteiger partial charge < -0.3 is 10.2 Å². The van der Waals surface area contributed by atoms with Crippen molar-refractivity contribution >= 4 is 34.1 Å². The number of fused-ring (bicyclic) bond motifs is 1. The van der Waals surface area contributed by atoms with Gasteiger partial charge in [-0.15, -0.1) is 0 Å².